The van der Waals surface area contributed by atoms with Gasteiger partial charge in [-0.1, -0.05) is 44.2 Å². The molecule has 0 aliphatic heterocycles. The smallest absolute Gasteiger partial charge is 0.120 e. The number of hydrogen-bond donors (Lipinski definition) is 2. The summed E-state index contributed by atoms with van der Waals surface area (Å²) in [6.45, 7) is 4.96. The molecule has 0 fully saturated rings. The number of aliphatic hydroxyl groups excluding tert-OH is 1. The molecule has 0 bridgehead atoms. The normalized spacial score (nSPS) is 12.2. The zero-order valence-corrected chi connectivity index (χ0v) is 12.6. The molecule has 0 amide bonds. The third-order valence-electron chi connectivity index (χ3n) is 2.93. The summed E-state index contributed by atoms with van der Waals surface area (Å²) in [5.74, 6) is 0.794. The summed E-state index contributed by atoms with van der Waals surface area (Å²) in [4.78, 5) is 0. The van der Waals surface area contributed by atoms with E-state index < -0.39 is 6.10 Å². The highest BCUT2D eigenvalue weighted by Crippen LogP contribution is 2.20. The van der Waals surface area contributed by atoms with Crippen LogP contribution in [0.15, 0.2) is 42.5 Å². The van der Waals surface area contributed by atoms with E-state index in [4.69, 9.17) is 4.74 Å². The number of rotatable bonds is 6. The quantitative estimate of drug-likeness (QED) is 0.761. The van der Waals surface area contributed by atoms with Crippen molar-refractivity contribution >= 4 is 10.8 Å². The van der Waals surface area contributed by atoms with Gasteiger partial charge in [0.15, 0.2) is 0 Å². The topological polar surface area (TPSA) is 41.5 Å². The van der Waals surface area contributed by atoms with E-state index in [9.17, 15) is 5.11 Å². The van der Waals surface area contributed by atoms with Gasteiger partial charge in [0.05, 0.1) is 0 Å². The fourth-order valence-electron chi connectivity index (χ4n) is 1.88. The van der Waals surface area contributed by atoms with Gasteiger partial charge in [0.2, 0.25) is 0 Å². The van der Waals surface area contributed by atoms with Crippen molar-refractivity contribution in [3.8, 4) is 5.75 Å². The molecular formula is C16H21ClNO2-. The van der Waals surface area contributed by atoms with Crippen molar-refractivity contribution in [1.29, 1.82) is 0 Å². The lowest BCUT2D eigenvalue weighted by Crippen LogP contribution is -3.00. The molecule has 2 aromatic rings. The Labute approximate surface area is 126 Å². The molecular weight excluding hydrogens is 274 g/mol. The second-order valence-corrected chi connectivity index (χ2v) is 5.04. The molecule has 3 nitrogen and oxygen atoms in total. The van der Waals surface area contributed by atoms with Crippen LogP contribution >= 0.6 is 0 Å². The van der Waals surface area contributed by atoms with Crippen molar-refractivity contribution < 1.29 is 22.3 Å². The van der Waals surface area contributed by atoms with Crippen LogP contribution < -0.4 is 22.5 Å². The van der Waals surface area contributed by atoms with Gasteiger partial charge in [-0.15, -0.1) is 0 Å². The molecule has 0 saturated carbocycles. The summed E-state index contributed by atoms with van der Waals surface area (Å²) in [5.41, 5.74) is 0. The summed E-state index contributed by atoms with van der Waals surface area (Å²) < 4.78 is 5.62. The highest BCUT2D eigenvalue weighted by molar-refractivity contribution is 5.83. The van der Waals surface area contributed by atoms with E-state index in [1.54, 1.807) is 0 Å². The Morgan fingerprint density at radius 2 is 1.80 bits per heavy atom. The molecule has 20 heavy (non-hydrogen) atoms. The van der Waals surface area contributed by atoms with Crippen molar-refractivity contribution in [2.45, 2.75) is 26.0 Å². The van der Waals surface area contributed by atoms with Crippen molar-refractivity contribution in [2.24, 2.45) is 0 Å². The highest BCUT2D eigenvalue weighted by atomic mass is 35.5. The Kier molecular flexibility index (Phi) is 6.79. The van der Waals surface area contributed by atoms with Crippen LogP contribution in [0, 0.1) is 0 Å². The molecule has 2 N–H and O–H groups in total. The molecule has 0 aliphatic rings. The van der Waals surface area contributed by atoms with Gasteiger partial charge in [-0.25, -0.2) is 0 Å². The van der Waals surface area contributed by atoms with Crippen molar-refractivity contribution in [1.82, 2.24) is 5.32 Å². The maximum atomic E-state index is 9.79. The van der Waals surface area contributed by atoms with Gasteiger partial charge in [0, 0.05) is 12.6 Å². The summed E-state index contributed by atoms with van der Waals surface area (Å²) in [6.07, 6.45) is -0.492. The molecule has 0 heterocycles. The van der Waals surface area contributed by atoms with Gasteiger partial charge in [0.25, 0.3) is 0 Å². The second kappa shape index (κ2) is 8.10. The van der Waals surface area contributed by atoms with Crippen LogP contribution in [0.2, 0.25) is 0 Å². The standard InChI is InChI=1S/C16H21NO2.ClH/c1-12(2)17-10-15(18)11-19-16-8-7-13-5-3-4-6-14(13)9-16;/h3-9,12,15,17-18H,10-11H2,1-2H3;1H/p-1. The van der Waals surface area contributed by atoms with Crippen LogP contribution in [0.25, 0.3) is 10.8 Å². The number of nitrogens with one attached hydrogen (secondary N) is 1. The lowest BCUT2D eigenvalue weighted by Gasteiger charge is -2.15. The van der Waals surface area contributed by atoms with Crippen LogP contribution in [-0.2, 0) is 0 Å². The minimum Gasteiger partial charge on any atom is -1.00 e. The number of aliphatic hydroxyl groups is 1. The molecule has 110 valence electrons. The van der Waals surface area contributed by atoms with E-state index in [0.717, 1.165) is 11.1 Å². The lowest BCUT2D eigenvalue weighted by molar-refractivity contribution is -0.00000576. The molecule has 2 aromatic carbocycles. The van der Waals surface area contributed by atoms with Gasteiger partial charge >= 0.3 is 0 Å². The SMILES string of the molecule is CC(C)NCC(O)COc1ccc2ccccc2c1.[Cl-]. The first-order valence-electron chi connectivity index (χ1n) is 6.68. The summed E-state index contributed by atoms with van der Waals surface area (Å²) in [5, 5.41) is 15.3. The molecule has 1 unspecified atom stereocenters. The zero-order valence-electron chi connectivity index (χ0n) is 11.8. The van der Waals surface area contributed by atoms with Crippen LogP contribution in [-0.4, -0.2) is 30.4 Å². The zero-order chi connectivity index (χ0) is 13.7. The maximum Gasteiger partial charge on any atom is 0.120 e. The lowest BCUT2D eigenvalue weighted by atomic mass is 10.1. The molecule has 0 spiro atoms. The van der Waals surface area contributed by atoms with Crippen molar-refractivity contribution in [2.75, 3.05) is 13.2 Å². The Balaban J connectivity index is 0.00000200. The Bertz CT molecular complexity index is 531. The van der Waals surface area contributed by atoms with E-state index >= 15 is 0 Å². The van der Waals surface area contributed by atoms with E-state index in [1.165, 1.54) is 5.39 Å². The van der Waals surface area contributed by atoms with E-state index in [-0.39, 0.29) is 12.4 Å². The van der Waals surface area contributed by atoms with Crippen LogP contribution in [0.3, 0.4) is 0 Å². The largest absolute Gasteiger partial charge is 1.00 e. The fraction of sp³-hybridized carbons (Fsp3) is 0.375. The first kappa shape index (κ1) is 16.8. The molecule has 1 atom stereocenters. The molecule has 0 radical (unpaired) electrons. The summed E-state index contributed by atoms with van der Waals surface area (Å²) in [7, 11) is 0. The first-order valence-corrected chi connectivity index (χ1v) is 6.68. The van der Waals surface area contributed by atoms with E-state index in [1.807, 2.05) is 30.3 Å². The van der Waals surface area contributed by atoms with E-state index in [2.05, 4.69) is 31.3 Å². The molecule has 2 rings (SSSR count). The van der Waals surface area contributed by atoms with Crippen molar-refractivity contribution in [3.05, 3.63) is 42.5 Å². The molecule has 0 saturated heterocycles. The highest BCUT2D eigenvalue weighted by Gasteiger charge is 2.06. The first-order chi connectivity index (χ1) is 9.15. The fourth-order valence-corrected chi connectivity index (χ4v) is 1.88. The average molecular weight is 295 g/mol. The Morgan fingerprint density at radius 1 is 1.10 bits per heavy atom. The number of halogens is 1. The molecule has 0 aromatic heterocycles. The Hall–Kier alpha value is -1.29. The van der Waals surface area contributed by atoms with Gasteiger partial charge in [-0.05, 0) is 22.9 Å². The van der Waals surface area contributed by atoms with Gasteiger partial charge in [-0.2, -0.15) is 0 Å². The summed E-state index contributed by atoms with van der Waals surface area (Å²) >= 11 is 0. The van der Waals surface area contributed by atoms with Crippen molar-refractivity contribution in [3.63, 3.8) is 0 Å². The van der Waals surface area contributed by atoms with Gasteiger partial charge in [-0.3, -0.25) is 0 Å². The number of ether oxygens (including phenoxy) is 1. The average Bonchev–Trinajstić information content (AvgIpc) is 2.42. The number of benzene rings is 2. The summed E-state index contributed by atoms with van der Waals surface area (Å²) in [6, 6.07) is 14.5. The second-order valence-electron chi connectivity index (χ2n) is 5.04. The maximum absolute atomic E-state index is 9.79. The molecule has 0 aliphatic carbocycles. The monoisotopic (exact) mass is 294 g/mol. The van der Waals surface area contributed by atoms with Crippen LogP contribution in [0.1, 0.15) is 13.8 Å². The van der Waals surface area contributed by atoms with Crippen LogP contribution in [0.5, 0.6) is 5.75 Å². The minimum absolute atomic E-state index is 0. The minimum atomic E-state index is -0.492. The Morgan fingerprint density at radius 3 is 2.50 bits per heavy atom. The third kappa shape index (κ3) is 5.00. The number of fused-ring (bicyclic) bond motifs is 1. The van der Waals surface area contributed by atoms with E-state index in [0.29, 0.717) is 19.2 Å². The predicted octanol–water partition coefficient (Wildman–Crippen LogP) is -0.418. The molecule has 4 heteroatoms. The van der Waals surface area contributed by atoms with Crippen LogP contribution in [0.4, 0.5) is 0 Å². The third-order valence-corrected chi connectivity index (χ3v) is 2.93. The number of hydrogen-bond acceptors (Lipinski definition) is 3. The predicted molar refractivity (Wildman–Crippen MR) is 78.6 cm³/mol. The van der Waals surface area contributed by atoms with Gasteiger partial charge in [0.1, 0.15) is 18.5 Å². The van der Waals surface area contributed by atoms with Gasteiger partial charge < -0.3 is 27.6 Å².